The van der Waals surface area contributed by atoms with Crippen LogP contribution in [0.15, 0.2) is 51.8 Å². The van der Waals surface area contributed by atoms with E-state index in [0.29, 0.717) is 35.1 Å². The van der Waals surface area contributed by atoms with Crippen LogP contribution in [0.25, 0.3) is 0 Å². The number of halogens is 3. The summed E-state index contributed by atoms with van der Waals surface area (Å²) in [4.78, 5) is 12.9. The fraction of sp³-hybridized carbons (Fsp3) is 0.278. The van der Waals surface area contributed by atoms with E-state index < -0.39 is 15.9 Å². The molecule has 0 unspecified atom stereocenters. The van der Waals surface area contributed by atoms with Gasteiger partial charge in [0.05, 0.1) is 26.5 Å². The molecule has 0 saturated carbocycles. The van der Waals surface area contributed by atoms with Crippen LogP contribution in [0.1, 0.15) is 12.8 Å². The number of benzene rings is 2. The third kappa shape index (κ3) is 4.66. The molecule has 2 aromatic rings. The number of amides is 1. The third-order valence-corrected chi connectivity index (χ3v) is 7.46. The first-order valence-corrected chi connectivity index (χ1v) is 11.3. The topological polar surface area (TPSA) is 66.5 Å². The van der Waals surface area contributed by atoms with Crippen LogP contribution in [0.4, 0.5) is 5.69 Å². The first kappa shape index (κ1) is 20.6. The van der Waals surface area contributed by atoms with E-state index >= 15 is 0 Å². The average molecular weight is 492 g/mol. The van der Waals surface area contributed by atoms with Crippen molar-refractivity contribution in [2.24, 2.45) is 5.92 Å². The van der Waals surface area contributed by atoms with Crippen molar-refractivity contribution in [3.05, 3.63) is 57.0 Å². The quantitative estimate of drug-likeness (QED) is 0.668. The van der Waals surface area contributed by atoms with Gasteiger partial charge in [-0.1, -0.05) is 45.2 Å². The normalized spacial score (nSPS) is 18.3. The smallest absolute Gasteiger partial charge is 0.243 e. The lowest BCUT2D eigenvalue weighted by Crippen LogP contribution is -2.43. The Morgan fingerprint density at radius 2 is 1.74 bits per heavy atom. The molecular weight excluding hydrogens is 475 g/mol. The van der Waals surface area contributed by atoms with E-state index in [0.717, 1.165) is 4.47 Å². The summed E-state index contributed by atoms with van der Waals surface area (Å²) in [5, 5.41) is 3.41. The van der Waals surface area contributed by atoms with Crippen LogP contribution >= 0.6 is 39.1 Å². The van der Waals surface area contributed by atoms with E-state index in [9.17, 15) is 13.2 Å². The molecule has 2 aromatic carbocycles. The Bertz CT molecular complexity index is 931. The number of anilines is 1. The van der Waals surface area contributed by atoms with E-state index in [4.69, 9.17) is 23.2 Å². The predicted octanol–water partition coefficient (Wildman–Crippen LogP) is 4.80. The van der Waals surface area contributed by atoms with Gasteiger partial charge in [-0.05, 0) is 49.2 Å². The average Bonchev–Trinajstić information content (AvgIpc) is 2.65. The van der Waals surface area contributed by atoms with Crippen LogP contribution in [-0.2, 0) is 14.8 Å². The van der Waals surface area contributed by atoms with Crippen LogP contribution in [0.2, 0.25) is 10.0 Å². The zero-order valence-electron chi connectivity index (χ0n) is 14.2. The van der Waals surface area contributed by atoms with Crippen LogP contribution in [-0.4, -0.2) is 31.7 Å². The third-order valence-electron chi connectivity index (χ3n) is 4.42. The van der Waals surface area contributed by atoms with Crippen molar-refractivity contribution in [1.82, 2.24) is 4.31 Å². The van der Waals surface area contributed by atoms with Gasteiger partial charge in [-0.3, -0.25) is 4.79 Å². The van der Waals surface area contributed by atoms with Gasteiger partial charge in [-0.2, -0.15) is 4.31 Å². The summed E-state index contributed by atoms with van der Waals surface area (Å²) in [5.74, 6) is -0.767. The van der Waals surface area contributed by atoms with Gasteiger partial charge >= 0.3 is 0 Å². The van der Waals surface area contributed by atoms with Crippen molar-refractivity contribution in [3.8, 4) is 0 Å². The molecule has 1 saturated heterocycles. The zero-order chi connectivity index (χ0) is 19.6. The molecule has 0 bridgehead atoms. The minimum Gasteiger partial charge on any atom is -0.323 e. The first-order valence-electron chi connectivity index (χ1n) is 8.29. The lowest BCUT2D eigenvalue weighted by Gasteiger charge is -2.31. The molecule has 1 aliphatic rings. The number of piperidine rings is 1. The number of sulfonamides is 1. The van der Waals surface area contributed by atoms with Gasteiger partial charge in [0.1, 0.15) is 0 Å². The maximum atomic E-state index is 12.9. The molecule has 1 N–H and O–H groups in total. The highest BCUT2D eigenvalue weighted by Crippen LogP contribution is 2.31. The van der Waals surface area contributed by atoms with Crippen molar-refractivity contribution < 1.29 is 13.2 Å². The van der Waals surface area contributed by atoms with Crippen LogP contribution in [0.3, 0.4) is 0 Å². The molecule has 1 atom stereocenters. The fourth-order valence-corrected chi connectivity index (χ4v) is 5.25. The second kappa shape index (κ2) is 8.49. The van der Waals surface area contributed by atoms with E-state index in [2.05, 4.69) is 21.2 Å². The molecule has 0 spiro atoms. The van der Waals surface area contributed by atoms with E-state index in [1.54, 1.807) is 42.5 Å². The largest absolute Gasteiger partial charge is 0.323 e. The summed E-state index contributed by atoms with van der Waals surface area (Å²) in [7, 11) is -3.65. The Morgan fingerprint density at radius 3 is 2.37 bits per heavy atom. The molecule has 0 radical (unpaired) electrons. The molecule has 1 aliphatic heterocycles. The van der Waals surface area contributed by atoms with Crippen molar-refractivity contribution in [3.63, 3.8) is 0 Å². The van der Waals surface area contributed by atoms with Crippen LogP contribution < -0.4 is 5.32 Å². The fourth-order valence-electron chi connectivity index (χ4n) is 2.97. The van der Waals surface area contributed by atoms with Gasteiger partial charge in [-0.15, -0.1) is 0 Å². The minimum atomic E-state index is -3.65. The maximum absolute atomic E-state index is 12.9. The lowest BCUT2D eigenvalue weighted by molar-refractivity contribution is -0.120. The van der Waals surface area contributed by atoms with E-state index in [-0.39, 0.29) is 17.3 Å². The van der Waals surface area contributed by atoms with E-state index in [1.807, 2.05) is 0 Å². The molecule has 3 rings (SSSR count). The number of rotatable bonds is 4. The molecule has 144 valence electrons. The number of para-hydroxylation sites is 1. The number of carbonyl (C=O) groups excluding carboxylic acids is 1. The Labute approximate surface area is 176 Å². The van der Waals surface area contributed by atoms with Crippen molar-refractivity contribution in [2.45, 2.75) is 17.7 Å². The Hall–Kier alpha value is -1.12. The summed E-state index contributed by atoms with van der Waals surface area (Å²) < 4.78 is 27.9. The van der Waals surface area contributed by atoms with Crippen LogP contribution in [0, 0.1) is 5.92 Å². The minimum absolute atomic E-state index is 0.117. The SMILES string of the molecule is O=C(Nc1c(Cl)cccc1Cl)[C@H]1CCCN(S(=O)(=O)c2ccc(Br)cc2)C1. The Morgan fingerprint density at radius 1 is 1.11 bits per heavy atom. The van der Waals surface area contributed by atoms with Crippen molar-refractivity contribution in [1.29, 1.82) is 0 Å². The molecular formula is C18H17BrCl2N2O3S. The van der Waals surface area contributed by atoms with Crippen molar-refractivity contribution in [2.75, 3.05) is 18.4 Å². The number of nitrogens with zero attached hydrogens (tertiary/aromatic N) is 1. The molecule has 1 fully saturated rings. The highest BCUT2D eigenvalue weighted by molar-refractivity contribution is 9.10. The summed E-state index contributed by atoms with van der Waals surface area (Å²) in [6.45, 7) is 0.501. The molecule has 27 heavy (non-hydrogen) atoms. The predicted molar refractivity (Wildman–Crippen MR) is 111 cm³/mol. The van der Waals surface area contributed by atoms with E-state index in [1.165, 1.54) is 4.31 Å². The second-order valence-corrected chi connectivity index (χ2v) is 9.91. The Kier molecular flexibility index (Phi) is 6.48. The molecule has 5 nitrogen and oxygen atoms in total. The number of carbonyl (C=O) groups is 1. The molecule has 0 aromatic heterocycles. The maximum Gasteiger partial charge on any atom is 0.243 e. The summed E-state index contributed by atoms with van der Waals surface area (Å²) in [5.41, 5.74) is 0.346. The van der Waals surface area contributed by atoms with Gasteiger partial charge in [0.15, 0.2) is 0 Å². The summed E-state index contributed by atoms with van der Waals surface area (Å²) in [6, 6.07) is 11.4. The second-order valence-electron chi connectivity index (χ2n) is 6.24. The van der Waals surface area contributed by atoms with Crippen molar-refractivity contribution >= 4 is 60.7 Å². The van der Waals surface area contributed by atoms with Gasteiger partial charge in [-0.25, -0.2) is 8.42 Å². The molecule has 1 heterocycles. The Balaban J connectivity index is 1.75. The monoisotopic (exact) mass is 490 g/mol. The number of hydrogen-bond acceptors (Lipinski definition) is 3. The van der Waals surface area contributed by atoms with Crippen LogP contribution in [0.5, 0.6) is 0 Å². The highest BCUT2D eigenvalue weighted by atomic mass is 79.9. The summed E-state index contributed by atoms with van der Waals surface area (Å²) >= 11 is 15.5. The number of nitrogens with one attached hydrogen (secondary N) is 1. The highest BCUT2D eigenvalue weighted by Gasteiger charge is 2.33. The molecule has 0 aliphatic carbocycles. The standard InChI is InChI=1S/C18H17BrCl2N2O3S/c19-13-6-8-14(9-7-13)27(25,26)23-10-2-3-12(11-23)18(24)22-17-15(20)4-1-5-16(17)21/h1,4-9,12H,2-3,10-11H2,(H,22,24)/t12-/m0/s1. The van der Waals surface area contributed by atoms with Gasteiger partial charge in [0.2, 0.25) is 15.9 Å². The molecule has 1 amide bonds. The van der Waals surface area contributed by atoms with Gasteiger partial charge < -0.3 is 5.32 Å². The van der Waals surface area contributed by atoms with Gasteiger partial charge in [0.25, 0.3) is 0 Å². The lowest BCUT2D eigenvalue weighted by atomic mass is 9.98. The molecule has 9 heteroatoms. The van der Waals surface area contributed by atoms with Gasteiger partial charge in [0, 0.05) is 17.6 Å². The zero-order valence-corrected chi connectivity index (χ0v) is 18.1. The summed E-state index contributed by atoms with van der Waals surface area (Å²) in [6.07, 6.45) is 1.20. The first-order chi connectivity index (χ1) is 12.8. The number of hydrogen-bond donors (Lipinski definition) is 1.